The van der Waals surface area contributed by atoms with Gasteiger partial charge in [-0.3, -0.25) is 0 Å². The molecule has 134 valence electrons. The summed E-state index contributed by atoms with van der Waals surface area (Å²) in [5.74, 6) is 2.12. The largest absolute Gasteiger partial charge is 0.495 e. The third-order valence-electron chi connectivity index (χ3n) is 4.02. The van der Waals surface area contributed by atoms with E-state index in [-0.39, 0.29) is 0 Å². The van der Waals surface area contributed by atoms with Gasteiger partial charge in [0.1, 0.15) is 11.6 Å². The highest BCUT2D eigenvalue weighted by molar-refractivity contribution is 5.64. The molecule has 2 aromatic carbocycles. The maximum absolute atomic E-state index is 5.41. The van der Waals surface area contributed by atoms with Crippen LogP contribution in [0.3, 0.4) is 0 Å². The first-order chi connectivity index (χ1) is 12.6. The molecule has 0 aliphatic rings. The third kappa shape index (κ3) is 4.72. The maximum Gasteiger partial charge on any atom is 0.229 e. The van der Waals surface area contributed by atoms with Gasteiger partial charge in [-0.25, -0.2) is 4.98 Å². The lowest BCUT2D eigenvalue weighted by Gasteiger charge is -2.13. The maximum atomic E-state index is 5.41. The fourth-order valence-electron chi connectivity index (χ4n) is 2.73. The number of nitrogens with zero attached hydrogens (tertiary/aromatic N) is 2. The number of hydrogen-bond acceptors (Lipinski definition) is 5. The highest BCUT2D eigenvalue weighted by Crippen LogP contribution is 2.27. The Labute approximate surface area is 154 Å². The average Bonchev–Trinajstić information content (AvgIpc) is 2.62. The van der Waals surface area contributed by atoms with E-state index in [1.165, 1.54) is 5.56 Å². The molecular weight excluding hydrogens is 324 g/mol. The van der Waals surface area contributed by atoms with Gasteiger partial charge in [-0.2, -0.15) is 4.98 Å². The van der Waals surface area contributed by atoms with Crippen LogP contribution in [0, 0.1) is 13.8 Å². The van der Waals surface area contributed by atoms with E-state index in [2.05, 4.69) is 44.9 Å². The molecular formula is C21H24N4O. The zero-order chi connectivity index (χ0) is 18.4. The molecule has 26 heavy (non-hydrogen) atoms. The highest BCUT2D eigenvalue weighted by atomic mass is 16.5. The average molecular weight is 348 g/mol. The molecule has 0 fully saturated rings. The molecule has 0 saturated heterocycles. The minimum Gasteiger partial charge on any atom is -0.495 e. The summed E-state index contributed by atoms with van der Waals surface area (Å²) in [6, 6.07) is 18.3. The van der Waals surface area contributed by atoms with Crippen LogP contribution >= 0.6 is 0 Å². The van der Waals surface area contributed by atoms with Gasteiger partial charge in [0.15, 0.2) is 0 Å². The van der Waals surface area contributed by atoms with Crippen molar-refractivity contribution in [1.82, 2.24) is 9.97 Å². The standard InChI is InChI=1S/C21H24N4O/c1-15-9-10-19(26-3)18(13-15)24-21-23-16(2)14-20(25-21)22-12-11-17-7-5-4-6-8-17/h4-10,13-14H,11-12H2,1-3H3,(H2,22,23,24,25). The molecule has 0 radical (unpaired) electrons. The Morgan fingerprint density at radius 2 is 1.77 bits per heavy atom. The molecule has 0 unspecified atom stereocenters. The van der Waals surface area contributed by atoms with Crippen molar-refractivity contribution < 1.29 is 4.74 Å². The Bertz CT molecular complexity index is 865. The second-order valence-corrected chi connectivity index (χ2v) is 6.21. The number of methoxy groups -OCH3 is 1. The topological polar surface area (TPSA) is 59.1 Å². The fourth-order valence-corrected chi connectivity index (χ4v) is 2.73. The Balaban J connectivity index is 1.70. The van der Waals surface area contributed by atoms with Gasteiger partial charge < -0.3 is 15.4 Å². The van der Waals surface area contributed by atoms with Crippen molar-refractivity contribution in [2.75, 3.05) is 24.3 Å². The Morgan fingerprint density at radius 3 is 2.54 bits per heavy atom. The van der Waals surface area contributed by atoms with E-state index in [0.717, 1.165) is 41.5 Å². The molecule has 3 aromatic rings. The van der Waals surface area contributed by atoms with E-state index in [4.69, 9.17) is 4.74 Å². The lowest BCUT2D eigenvalue weighted by atomic mass is 10.1. The number of benzene rings is 2. The summed E-state index contributed by atoms with van der Waals surface area (Å²) in [7, 11) is 1.66. The molecule has 0 amide bonds. The molecule has 0 saturated carbocycles. The number of anilines is 3. The highest BCUT2D eigenvalue weighted by Gasteiger charge is 2.07. The summed E-state index contributed by atoms with van der Waals surface area (Å²) in [5, 5.41) is 6.64. The van der Waals surface area contributed by atoms with Crippen molar-refractivity contribution in [1.29, 1.82) is 0 Å². The van der Waals surface area contributed by atoms with Crippen LogP contribution in [0.4, 0.5) is 17.5 Å². The Hall–Kier alpha value is -3.08. The number of hydrogen-bond donors (Lipinski definition) is 2. The summed E-state index contributed by atoms with van der Waals surface area (Å²) in [5.41, 5.74) is 4.19. The summed E-state index contributed by atoms with van der Waals surface area (Å²) in [4.78, 5) is 9.06. The molecule has 0 bridgehead atoms. The van der Waals surface area contributed by atoms with Crippen molar-refractivity contribution in [3.05, 3.63) is 71.4 Å². The van der Waals surface area contributed by atoms with Gasteiger partial charge in [0.2, 0.25) is 5.95 Å². The summed E-state index contributed by atoms with van der Waals surface area (Å²) in [6.07, 6.45) is 0.943. The van der Waals surface area contributed by atoms with Crippen LogP contribution in [-0.4, -0.2) is 23.6 Å². The van der Waals surface area contributed by atoms with E-state index in [9.17, 15) is 0 Å². The zero-order valence-corrected chi connectivity index (χ0v) is 15.4. The predicted molar refractivity (Wildman–Crippen MR) is 106 cm³/mol. The molecule has 5 nitrogen and oxygen atoms in total. The summed E-state index contributed by atoms with van der Waals surface area (Å²) >= 11 is 0. The zero-order valence-electron chi connectivity index (χ0n) is 15.4. The van der Waals surface area contributed by atoms with Gasteiger partial charge >= 0.3 is 0 Å². The number of aryl methyl sites for hydroxylation is 2. The smallest absolute Gasteiger partial charge is 0.229 e. The monoisotopic (exact) mass is 348 g/mol. The van der Waals surface area contributed by atoms with Crippen molar-refractivity contribution >= 4 is 17.5 Å². The normalized spacial score (nSPS) is 10.4. The molecule has 0 spiro atoms. The molecule has 3 rings (SSSR count). The molecule has 0 aliphatic heterocycles. The lowest BCUT2D eigenvalue weighted by Crippen LogP contribution is -2.09. The first-order valence-electron chi connectivity index (χ1n) is 8.69. The second-order valence-electron chi connectivity index (χ2n) is 6.21. The lowest BCUT2D eigenvalue weighted by molar-refractivity contribution is 0.416. The minimum absolute atomic E-state index is 0.552. The first-order valence-corrected chi connectivity index (χ1v) is 8.69. The molecule has 1 aromatic heterocycles. The number of aromatic nitrogens is 2. The van der Waals surface area contributed by atoms with Crippen LogP contribution in [0.15, 0.2) is 54.6 Å². The van der Waals surface area contributed by atoms with Crippen LogP contribution in [0.5, 0.6) is 5.75 Å². The van der Waals surface area contributed by atoms with Crippen molar-refractivity contribution in [3.8, 4) is 5.75 Å². The van der Waals surface area contributed by atoms with E-state index in [0.29, 0.717) is 5.95 Å². The van der Waals surface area contributed by atoms with Crippen LogP contribution < -0.4 is 15.4 Å². The van der Waals surface area contributed by atoms with Gasteiger partial charge in [-0.05, 0) is 43.5 Å². The molecule has 5 heteroatoms. The Morgan fingerprint density at radius 1 is 0.962 bits per heavy atom. The van der Waals surface area contributed by atoms with Crippen molar-refractivity contribution in [2.45, 2.75) is 20.3 Å². The van der Waals surface area contributed by atoms with Crippen LogP contribution in [0.25, 0.3) is 0 Å². The van der Waals surface area contributed by atoms with E-state index >= 15 is 0 Å². The van der Waals surface area contributed by atoms with Crippen LogP contribution in [0.2, 0.25) is 0 Å². The van der Waals surface area contributed by atoms with Crippen molar-refractivity contribution in [3.63, 3.8) is 0 Å². The fraction of sp³-hybridized carbons (Fsp3) is 0.238. The molecule has 0 atom stereocenters. The van der Waals surface area contributed by atoms with E-state index < -0.39 is 0 Å². The second kappa shape index (κ2) is 8.34. The van der Waals surface area contributed by atoms with Crippen molar-refractivity contribution in [2.24, 2.45) is 0 Å². The Kier molecular flexibility index (Phi) is 5.69. The number of ether oxygens (including phenoxy) is 1. The van der Waals surface area contributed by atoms with Gasteiger partial charge in [0.25, 0.3) is 0 Å². The first kappa shape index (κ1) is 17.7. The van der Waals surface area contributed by atoms with Crippen LogP contribution in [-0.2, 0) is 6.42 Å². The van der Waals surface area contributed by atoms with E-state index in [1.807, 2.05) is 44.2 Å². The van der Waals surface area contributed by atoms with E-state index in [1.54, 1.807) is 7.11 Å². The summed E-state index contributed by atoms with van der Waals surface area (Å²) < 4.78 is 5.41. The van der Waals surface area contributed by atoms with Gasteiger partial charge in [0, 0.05) is 18.3 Å². The molecule has 0 aliphatic carbocycles. The number of rotatable bonds is 7. The predicted octanol–water partition coefficient (Wildman–Crippen LogP) is 4.50. The summed E-state index contributed by atoms with van der Waals surface area (Å²) in [6.45, 7) is 4.81. The quantitative estimate of drug-likeness (QED) is 0.658. The van der Waals surface area contributed by atoms with Gasteiger partial charge in [-0.15, -0.1) is 0 Å². The third-order valence-corrected chi connectivity index (χ3v) is 4.02. The van der Waals surface area contributed by atoms with Crippen LogP contribution in [0.1, 0.15) is 16.8 Å². The van der Waals surface area contributed by atoms with Gasteiger partial charge in [-0.1, -0.05) is 36.4 Å². The van der Waals surface area contributed by atoms with Gasteiger partial charge in [0.05, 0.1) is 12.8 Å². The molecule has 2 N–H and O–H groups in total. The SMILES string of the molecule is COc1ccc(C)cc1Nc1nc(C)cc(NCCc2ccccc2)n1. The number of nitrogens with one attached hydrogen (secondary N) is 2. The minimum atomic E-state index is 0.552. The molecule has 1 heterocycles.